The molecule has 308 valence electrons. The van der Waals surface area contributed by atoms with Crippen LogP contribution in [0.2, 0.25) is 0 Å². The van der Waals surface area contributed by atoms with Crippen molar-refractivity contribution in [3.8, 4) is 22.8 Å². The molecule has 1 fully saturated rings. The Hall–Kier alpha value is -4.97. The van der Waals surface area contributed by atoms with Gasteiger partial charge in [0.25, 0.3) is 0 Å². The maximum Gasteiger partial charge on any atom is 0.247 e. The van der Waals surface area contributed by atoms with Gasteiger partial charge in [-0.05, 0) is 68.6 Å². The van der Waals surface area contributed by atoms with E-state index >= 15 is 0 Å². The van der Waals surface area contributed by atoms with Crippen LogP contribution in [0.5, 0.6) is 11.5 Å². The summed E-state index contributed by atoms with van der Waals surface area (Å²) in [4.78, 5) is 34.4. The number of carbonyl (C=O) groups excluding carboxylic acids is 2. The van der Waals surface area contributed by atoms with E-state index in [9.17, 15) is 9.59 Å². The minimum absolute atomic E-state index is 0.0953. The summed E-state index contributed by atoms with van der Waals surface area (Å²) in [6.45, 7) is 11.0. The van der Waals surface area contributed by atoms with Gasteiger partial charge >= 0.3 is 0 Å². The fraction of sp³-hybridized carbons (Fsp3) is 0.488. The number of nitrogens with two attached hydrogens (primary N) is 2. The van der Waals surface area contributed by atoms with Crippen LogP contribution in [0, 0.1) is 0 Å². The van der Waals surface area contributed by atoms with Crippen molar-refractivity contribution < 1.29 is 38.0 Å². The van der Waals surface area contributed by atoms with Crippen molar-refractivity contribution in [1.29, 1.82) is 0 Å². The molecule has 5 N–H and O–H groups in total. The number of fused-ring (bicyclic) bond motifs is 1. The molecule has 0 unspecified atom stereocenters. The van der Waals surface area contributed by atoms with Gasteiger partial charge in [0.15, 0.2) is 11.4 Å². The van der Waals surface area contributed by atoms with Gasteiger partial charge < -0.3 is 50.1 Å². The van der Waals surface area contributed by atoms with Gasteiger partial charge in [-0.1, -0.05) is 37.6 Å². The average molecular weight is 789 g/mol. The first-order valence-electron chi connectivity index (χ1n) is 19.6. The van der Waals surface area contributed by atoms with Gasteiger partial charge in [-0.2, -0.15) is 5.10 Å². The van der Waals surface area contributed by atoms with Gasteiger partial charge in [-0.3, -0.25) is 9.59 Å². The fourth-order valence-corrected chi connectivity index (χ4v) is 6.45. The Balaban J connectivity index is 0.987. The molecule has 57 heavy (non-hydrogen) atoms. The normalized spacial score (nSPS) is 13.5. The molecule has 2 amide bonds. The molecule has 16 nitrogen and oxygen atoms in total. The number of likely N-dealkylation sites (tertiary alicyclic amines) is 1. The molecule has 0 spiro atoms. The number of nitrogens with one attached hydrogen (secondary N) is 1. The van der Waals surface area contributed by atoms with Crippen LogP contribution in [0.3, 0.4) is 0 Å². The maximum absolute atomic E-state index is 12.4. The van der Waals surface area contributed by atoms with Crippen molar-refractivity contribution in [1.82, 2.24) is 24.6 Å². The molecule has 1 saturated heterocycles. The van der Waals surface area contributed by atoms with Gasteiger partial charge in [-0.15, -0.1) is 0 Å². The van der Waals surface area contributed by atoms with E-state index < -0.39 is 5.91 Å². The number of amides is 2. The lowest BCUT2D eigenvalue weighted by Crippen LogP contribution is -2.35. The summed E-state index contributed by atoms with van der Waals surface area (Å²) in [6.07, 6.45) is 9.06. The highest BCUT2D eigenvalue weighted by molar-refractivity contribution is 6.02. The van der Waals surface area contributed by atoms with E-state index in [2.05, 4.69) is 26.8 Å². The number of anilines is 2. The summed E-state index contributed by atoms with van der Waals surface area (Å²) >= 11 is 0. The molecule has 1 aliphatic rings. The van der Waals surface area contributed by atoms with E-state index in [-0.39, 0.29) is 18.6 Å². The van der Waals surface area contributed by atoms with E-state index in [1.165, 1.54) is 12.4 Å². The summed E-state index contributed by atoms with van der Waals surface area (Å²) in [5, 5.41) is 8.63. The number of hydrogen-bond donors (Lipinski definition) is 3. The molecule has 16 heteroatoms. The Bertz CT molecular complexity index is 1830. The van der Waals surface area contributed by atoms with Crippen molar-refractivity contribution >= 4 is 34.4 Å². The van der Waals surface area contributed by atoms with Crippen LogP contribution in [0.25, 0.3) is 22.3 Å². The van der Waals surface area contributed by atoms with E-state index in [1.54, 1.807) is 0 Å². The van der Waals surface area contributed by atoms with Crippen LogP contribution in [0.4, 0.5) is 11.5 Å². The molecule has 4 aromatic rings. The van der Waals surface area contributed by atoms with Gasteiger partial charge in [0.2, 0.25) is 11.8 Å². The minimum Gasteiger partial charge on any atom is -0.455 e. The number of nitrogens with zero attached hydrogens (tertiary/aromatic N) is 5. The van der Waals surface area contributed by atoms with Gasteiger partial charge in [0.1, 0.15) is 30.2 Å². The van der Waals surface area contributed by atoms with Crippen LogP contribution < -0.4 is 21.5 Å². The Labute approximate surface area is 333 Å². The van der Waals surface area contributed by atoms with Gasteiger partial charge in [0, 0.05) is 25.3 Å². The number of ether oxygens (including phenoxy) is 6. The molecule has 0 atom stereocenters. The topological polar surface area (TPSA) is 200 Å². The van der Waals surface area contributed by atoms with Crippen molar-refractivity contribution in [2.45, 2.75) is 44.6 Å². The molecule has 0 bridgehead atoms. The fourth-order valence-electron chi connectivity index (χ4n) is 6.45. The Morgan fingerprint density at radius 1 is 0.825 bits per heavy atom. The molecule has 2 aromatic heterocycles. The van der Waals surface area contributed by atoms with Crippen LogP contribution >= 0.6 is 0 Å². The van der Waals surface area contributed by atoms with Crippen LogP contribution in [-0.2, 0) is 33.3 Å². The lowest BCUT2D eigenvalue weighted by molar-refractivity contribution is -0.123. The molecule has 5 rings (SSSR count). The second kappa shape index (κ2) is 23.9. The zero-order valence-electron chi connectivity index (χ0n) is 32.6. The third-order valence-corrected chi connectivity index (χ3v) is 9.33. The molecule has 3 heterocycles. The quantitative estimate of drug-likeness (QED) is 0.0553. The van der Waals surface area contributed by atoms with Crippen molar-refractivity contribution in [2.24, 2.45) is 5.73 Å². The van der Waals surface area contributed by atoms with Crippen molar-refractivity contribution in [2.75, 3.05) is 96.8 Å². The summed E-state index contributed by atoms with van der Waals surface area (Å²) in [7, 11) is 0. The summed E-state index contributed by atoms with van der Waals surface area (Å²) in [5.74, 6) is 0.626. The number of hydrogen-bond acceptors (Lipinski definition) is 13. The monoisotopic (exact) mass is 788 g/mol. The maximum atomic E-state index is 12.4. The number of piperidine rings is 1. The van der Waals surface area contributed by atoms with E-state index in [0.29, 0.717) is 92.6 Å². The molecule has 0 aliphatic carbocycles. The second-order valence-corrected chi connectivity index (χ2v) is 13.5. The smallest absolute Gasteiger partial charge is 0.247 e. The highest BCUT2D eigenvalue weighted by Gasteiger charge is 2.26. The summed E-state index contributed by atoms with van der Waals surface area (Å²) in [5.41, 5.74) is 14.0. The predicted molar refractivity (Wildman–Crippen MR) is 217 cm³/mol. The third kappa shape index (κ3) is 14.2. The standard InChI is InChI=1S/C41H56N8O8/c1-2-37(51)46-34-28-31(12-13-35(34)57-33-10-6-5-7-11-33)39-38-40(43)44-30-45-41(38)49(47-39)32-14-17-48(18-15-32)16-8-3-4-9-19-52-20-21-53-22-23-54-24-25-55-26-27-56-29-36(42)50/h2,5-7,10-13,28,30,32H,1,3-4,8-9,14-27,29H2,(H2,42,50)(H,46,51)(H2,43,44,45). The van der Waals surface area contributed by atoms with E-state index in [1.807, 2.05) is 53.2 Å². The highest BCUT2D eigenvalue weighted by atomic mass is 16.6. The summed E-state index contributed by atoms with van der Waals surface area (Å²) in [6, 6.07) is 15.1. The number of aromatic nitrogens is 4. The predicted octanol–water partition coefficient (Wildman–Crippen LogP) is 4.76. The minimum atomic E-state index is -0.494. The second-order valence-electron chi connectivity index (χ2n) is 13.5. The molecule has 0 saturated carbocycles. The van der Waals surface area contributed by atoms with Gasteiger partial charge in [-0.25, -0.2) is 14.6 Å². The lowest BCUT2D eigenvalue weighted by Gasteiger charge is -2.32. The first-order chi connectivity index (χ1) is 27.9. The Morgan fingerprint density at radius 3 is 2.14 bits per heavy atom. The zero-order chi connectivity index (χ0) is 40.1. The Kier molecular flexibility index (Phi) is 18.1. The average Bonchev–Trinajstić information content (AvgIpc) is 3.62. The van der Waals surface area contributed by atoms with Crippen LogP contribution in [0.15, 0.2) is 67.5 Å². The molecule has 1 aliphatic heterocycles. The molecular formula is C41H56N8O8. The third-order valence-electron chi connectivity index (χ3n) is 9.33. The van der Waals surface area contributed by atoms with E-state index in [0.717, 1.165) is 70.3 Å². The summed E-state index contributed by atoms with van der Waals surface area (Å²) < 4.78 is 35.2. The molecular weight excluding hydrogens is 732 g/mol. The lowest BCUT2D eigenvalue weighted by atomic mass is 10.0. The van der Waals surface area contributed by atoms with E-state index in [4.69, 9.17) is 45.0 Å². The van der Waals surface area contributed by atoms with Crippen LogP contribution in [0.1, 0.15) is 44.6 Å². The number of benzene rings is 2. The Morgan fingerprint density at radius 2 is 1.47 bits per heavy atom. The number of rotatable bonds is 27. The number of carbonyl (C=O) groups is 2. The van der Waals surface area contributed by atoms with Gasteiger partial charge in [0.05, 0.1) is 70.0 Å². The first kappa shape index (κ1) is 43.2. The first-order valence-corrected chi connectivity index (χ1v) is 19.6. The zero-order valence-corrected chi connectivity index (χ0v) is 32.6. The molecule has 2 aromatic carbocycles. The largest absolute Gasteiger partial charge is 0.455 e. The molecule has 0 radical (unpaired) electrons. The number of para-hydroxylation sites is 1. The highest BCUT2D eigenvalue weighted by Crippen LogP contribution is 2.38. The number of unbranched alkanes of at least 4 members (excludes halogenated alkanes) is 3. The van der Waals surface area contributed by atoms with Crippen LogP contribution in [-0.4, -0.2) is 122 Å². The van der Waals surface area contributed by atoms with Crippen molar-refractivity contribution in [3.63, 3.8) is 0 Å². The number of nitrogen functional groups attached to an aromatic ring is 1. The number of primary amides is 1. The van der Waals surface area contributed by atoms with Crippen molar-refractivity contribution in [3.05, 3.63) is 67.5 Å². The SMILES string of the molecule is C=CC(=O)Nc1cc(-c2nn(C3CCN(CCCCCCOCCOCCOCCOCCOCC(N)=O)CC3)c3ncnc(N)c23)ccc1Oc1ccccc1.